The van der Waals surface area contributed by atoms with Crippen molar-refractivity contribution in [2.24, 2.45) is 17.1 Å². The van der Waals surface area contributed by atoms with E-state index in [-0.39, 0.29) is 11.0 Å². The Bertz CT molecular complexity index is 387. The van der Waals surface area contributed by atoms with Gasteiger partial charge in [-0.15, -0.1) is 10.2 Å². The smallest absolute Gasteiger partial charge is 0.178 e. The molecule has 0 unspecified atom stereocenters. The minimum atomic E-state index is -0.109. The topological polar surface area (TPSA) is 69.6 Å². The van der Waals surface area contributed by atoms with Crippen LogP contribution in [0.15, 0.2) is 0 Å². The lowest BCUT2D eigenvalue weighted by Crippen LogP contribution is -2.24. The highest BCUT2D eigenvalue weighted by atomic mass is 15.6. The molecule has 5 nitrogen and oxygen atoms in total. The van der Waals surface area contributed by atoms with Crippen molar-refractivity contribution in [3.8, 4) is 0 Å². The van der Waals surface area contributed by atoms with Gasteiger partial charge in [-0.1, -0.05) is 13.8 Å². The molecule has 0 amide bonds. The summed E-state index contributed by atoms with van der Waals surface area (Å²) in [6, 6.07) is 0. The molecule has 0 spiro atoms. The molecule has 0 bridgehead atoms. The molecule has 0 saturated heterocycles. The fourth-order valence-corrected chi connectivity index (χ4v) is 2.33. The highest BCUT2D eigenvalue weighted by molar-refractivity contribution is 5.19. The molecule has 16 heavy (non-hydrogen) atoms. The van der Waals surface area contributed by atoms with Gasteiger partial charge in [0.1, 0.15) is 0 Å². The summed E-state index contributed by atoms with van der Waals surface area (Å²) in [7, 11) is 0. The monoisotopic (exact) mass is 223 g/mol. The predicted octanol–water partition coefficient (Wildman–Crippen LogP) is 1.13. The first-order chi connectivity index (χ1) is 7.28. The van der Waals surface area contributed by atoms with Crippen LogP contribution in [0.4, 0.5) is 0 Å². The van der Waals surface area contributed by atoms with Gasteiger partial charge in [0.05, 0.1) is 5.54 Å². The van der Waals surface area contributed by atoms with Crippen LogP contribution in [0, 0.1) is 11.3 Å². The van der Waals surface area contributed by atoms with Crippen LogP contribution in [0.5, 0.6) is 0 Å². The van der Waals surface area contributed by atoms with Crippen molar-refractivity contribution in [3.63, 3.8) is 0 Å². The Hall–Kier alpha value is -0.970. The van der Waals surface area contributed by atoms with Crippen LogP contribution in [0.1, 0.15) is 46.4 Å². The van der Waals surface area contributed by atoms with Crippen molar-refractivity contribution in [3.05, 3.63) is 5.82 Å². The molecule has 2 N–H and O–H groups in total. The Morgan fingerprint density at radius 3 is 2.38 bits per heavy atom. The molecule has 5 heteroatoms. The number of hydrogen-bond donors (Lipinski definition) is 1. The van der Waals surface area contributed by atoms with Gasteiger partial charge < -0.3 is 5.73 Å². The van der Waals surface area contributed by atoms with Gasteiger partial charge in [-0.3, -0.25) is 0 Å². The Morgan fingerprint density at radius 1 is 1.38 bits per heavy atom. The molecule has 1 saturated carbocycles. The van der Waals surface area contributed by atoms with Crippen molar-refractivity contribution < 1.29 is 0 Å². The molecule has 0 radical (unpaired) electrons. The Balaban J connectivity index is 2.22. The number of rotatable bonds is 2. The van der Waals surface area contributed by atoms with Gasteiger partial charge in [-0.2, -0.15) is 4.80 Å². The van der Waals surface area contributed by atoms with Crippen molar-refractivity contribution in [1.82, 2.24) is 20.2 Å². The third kappa shape index (κ3) is 1.63. The average molecular weight is 223 g/mol. The fourth-order valence-electron chi connectivity index (χ4n) is 2.33. The first-order valence-electron chi connectivity index (χ1n) is 5.79. The normalized spacial score (nSPS) is 28.1. The van der Waals surface area contributed by atoms with Crippen LogP contribution in [0.3, 0.4) is 0 Å². The van der Waals surface area contributed by atoms with E-state index in [1.807, 2.05) is 0 Å². The zero-order chi connectivity index (χ0) is 12.1. The standard InChI is InChI=1S/C11H21N5/c1-10(2,3)16-14-9(13-15-16)8-7(6-12)11(8,4)5/h7-8H,6,12H2,1-5H3/t7-,8+/m1/s1. The summed E-state index contributed by atoms with van der Waals surface area (Å²) in [5, 5.41) is 12.8. The summed E-state index contributed by atoms with van der Waals surface area (Å²) in [6.45, 7) is 11.3. The van der Waals surface area contributed by atoms with E-state index in [0.29, 0.717) is 18.4 Å². The summed E-state index contributed by atoms with van der Waals surface area (Å²) in [5.41, 5.74) is 5.86. The van der Waals surface area contributed by atoms with Gasteiger partial charge in [0.25, 0.3) is 0 Å². The fraction of sp³-hybridized carbons (Fsp3) is 0.909. The van der Waals surface area contributed by atoms with Crippen molar-refractivity contribution in [2.75, 3.05) is 6.54 Å². The Morgan fingerprint density at radius 2 is 2.00 bits per heavy atom. The van der Waals surface area contributed by atoms with E-state index in [4.69, 9.17) is 5.73 Å². The third-order valence-electron chi connectivity index (χ3n) is 3.61. The summed E-state index contributed by atoms with van der Waals surface area (Å²) in [4.78, 5) is 1.68. The van der Waals surface area contributed by atoms with E-state index < -0.39 is 0 Å². The molecule has 2 atom stereocenters. The zero-order valence-electron chi connectivity index (χ0n) is 10.7. The van der Waals surface area contributed by atoms with E-state index in [1.54, 1.807) is 4.80 Å². The second-order valence-electron chi connectivity index (χ2n) is 6.25. The van der Waals surface area contributed by atoms with Crippen molar-refractivity contribution in [1.29, 1.82) is 0 Å². The lowest BCUT2D eigenvalue weighted by molar-refractivity contribution is 0.305. The summed E-state index contributed by atoms with van der Waals surface area (Å²) < 4.78 is 0. The summed E-state index contributed by atoms with van der Waals surface area (Å²) in [6.07, 6.45) is 0. The van der Waals surface area contributed by atoms with E-state index in [1.165, 1.54) is 0 Å². The molecule has 1 aromatic heterocycles. The molecule has 0 aliphatic heterocycles. The Kier molecular flexibility index (Phi) is 2.35. The van der Waals surface area contributed by atoms with Crippen LogP contribution >= 0.6 is 0 Å². The van der Waals surface area contributed by atoms with Crippen molar-refractivity contribution >= 4 is 0 Å². The van der Waals surface area contributed by atoms with Gasteiger partial charge in [0.2, 0.25) is 0 Å². The molecular weight excluding hydrogens is 202 g/mol. The van der Waals surface area contributed by atoms with Crippen LogP contribution in [-0.4, -0.2) is 26.8 Å². The average Bonchev–Trinajstić information content (AvgIpc) is 2.57. The first-order valence-corrected chi connectivity index (χ1v) is 5.79. The van der Waals surface area contributed by atoms with E-state index in [0.717, 1.165) is 5.82 Å². The Labute approximate surface area is 96.4 Å². The number of tetrazole rings is 1. The lowest BCUT2D eigenvalue weighted by Gasteiger charge is -2.15. The molecular formula is C11H21N5. The molecule has 90 valence electrons. The minimum Gasteiger partial charge on any atom is -0.330 e. The van der Waals surface area contributed by atoms with Crippen molar-refractivity contribution in [2.45, 2.75) is 46.1 Å². The molecule has 1 aliphatic carbocycles. The van der Waals surface area contributed by atoms with Gasteiger partial charge >= 0.3 is 0 Å². The number of nitrogens with two attached hydrogens (primary N) is 1. The van der Waals surface area contributed by atoms with Gasteiger partial charge in [0.15, 0.2) is 5.82 Å². The van der Waals surface area contributed by atoms with Crippen LogP contribution in [0.2, 0.25) is 0 Å². The quantitative estimate of drug-likeness (QED) is 0.816. The second-order valence-corrected chi connectivity index (χ2v) is 6.25. The minimum absolute atomic E-state index is 0.109. The molecule has 1 heterocycles. The van der Waals surface area contributed by atoms with Gasteiger partial charge in [-0.05, 0) is 43.9 Å². The maximum absolute atomic E-state index is 5.75. The molecule has 1 aliphatic rings. The number of aromatic nitrogens is 4. The third-order valence-corrected chi connectivity index (χ3v) is 3.61. The largest absolute Gasteiger partial charge is 0.330 e. The van der Waals surface area contributed by atoms with Crippen LogP contribution in [0.25, 0.3) is 0 Å². The number of hydrogen-bond acceptors (Lipinski definition) is 4. The molecule has 1 aromatic rings. The molecule has 2 rings (SSSR count). The van der Waals surface area contributed by atoms with Gasteiger partial charge in [0, 0.05) is 5.92 Å². The predicted molar refractivity (Wildman–Crippen MR) is 61.9 cm³/mol. The van der Waals surface area contributed by atoms with E-state index in [2.05, 4.69) is 50.0 Å². The van der Waals surface area contributed by atoms with Crippen LogP contribution < -0.4 is 5.73 Å². The highest BCUT2D eigenvalue weighted by Crippen LogP contribution is 2.62. The SMILES string of the molecule is CC1(C)[C@H](CN)[C@H]1c1nnn(C(C)(C)C)n1. The van der Waals surface area contributed by atoms with E-state index >= 15 is 0 Å². The second kappa shape index (κ2) is 3.26. The van der Waals surface area contributed by atoms with E-state index in [9.17, 15) is 0 Å². The first kappa shape index (κ1) is 11.5. The maximum Gasteiger partial charge on any atom is 0.178 e. The lowest BCUT2D eigenvalue weighted by atomic mass is 10.1. The van der Waals surface area contributed by atoms with Gasteiger partial charge in [-0.25, -0.2) is 0 Å². The molecule has 0 aromatic carbocycles. The van der Waals surface area contributed by atoms with Crippen LogP contribution in [-0.2, 0) is 5.54 Å². The summed E-state index contributed by atoms with van der Waals surface area (Å²) >= 11 is 0. The highest BCUT2D eigenvalue weighted by Gasteiger charge is 2.59. The number of nitrogens with zero attached hydrogens (tertiary/aromatic N) is 4. The maximum atomic E-state index is 5.75. The zero-order valence-corrected chi connectivity index (χ0v) is 10.7. The summed E-state index contributed by atoms with van der Waals surface area (Å²) in [5.74, 6) is 1.70. The molecule has 1 fully saturated rings.